The second-order valence-corrected chi connectivity index (χ2v) is 7.28. The van der Waals surface area contributed by atoms with Gasteiger partial charge < -0.3 is 15.0 Å². The monoisotopic (exact) mass is 382 g/mol. The lowest BCUT2D eigenvalue weighted by molar-refractivity contribution is -0.114. The van der Waals surface area contributed by atoms with Crippen LogP contribution in [0.4, 0.5) is 5.13 Å². The highest BCUT2D eigenvalue weighted by molar-refractivity contribution is 7.22. The largest absolute Gasteiger partial charge is 0.378 e. The lowest BCUT2D eigenvalue weighted by Crippen LogP contribution is -2.40. The summed E-state index contributed by atoms with van der Waals surface area (Å²) in [7, 11) is 0. The molecule has 0 aliphatic carbocycles. The lowest BCUT2D eigenvalue weighted by atomic mass is 10.1. The number of ether oxygens (including phenoxy) is 1. The minimum atomic E-state index is -0.146. The van der Waals surface area contributed by atoms with Gasteiger partial charge in [-0.15, -0.1) is 0 Å². The van der Waals surface area contributed by atoms with Gasteiger partial charge in [0.15, 0.2) is 5.13 Å². The van der Waals surface area contributed by atoms with Gasteiger partial charge in [-0.25, -0.2) is 4.98 Å². The summed E-state index contributed by atoms with van der Waals surface area (Å²) in [6.07, 6.45) is 3.34. The number of carbonyl (C=O) groups excluding carboxylic acids is 2. The molecule has 7 nitrogen and oxygen atoms in total. The van der Waals surface area contributed by atoms with E-state index in [1.807, 2.05) is 24.3 Å². The topological polar surface area (TPSA) is 84.4 Å². The van der Waals surface area contributed by atoms with Gasteiger partial charge in [-0.2, -0.15) is 0 Å². The van der Waals surface area contributed by atoms with Gasteiger partial charge in [0.2, 0.25) is 5.91 Å². The van der Waals surface area contributed by atoms with Crippen molar-refractivity contribution in [3.8, 4) is 11.1 Å². The van der Waals surface area contributed by atoms with Crippen molar-refractivity contribution >= 4 is 38.5 Å². The van der Waals surface area contributed by atoms with E-state index >= 15 is 0 Å². The molecule has 2 amide bonds. The van der Waals surface area contributed by atoms with E-state index in [0.717, 1.165) is 21.3 Å². The predicted molar refractivity (Wildman–Crippen MR) is 104 cm³/mol. The Morgan fingerprint density at radius 2 is 1.96 bits per heavy atom. The molecule has 8 heteroatoms. The first-order valence-electron chi connectivity index (χ1n) is 8.61. The normalized spacial score (nSPS) is 14.3. The molecular formula is C19H18N4O3S. The average molecular weight is 382 g/mol. The van der Waals surface area contributed by atoms with E-state index in [2.05, 4.69) is 15.3 Å². The van der Waals surface area contributed by atoms with Crippen LogP contribution in [0.1, 0.15) is 17.3 Å². The number of hydrogen-bond acceptors (Lipinski definition) is 6. The van der Waals surface area contributed by atoms with Crippen molar-refractivity contribution in [2.75, 3.05) is 31.6 Å². The summed E-state index contributed by atoms with van der Waals surface area (Å²) < 4.78 is 6.26. The van der Waals surface area contributed by atoms with Crippen LogP contribution >= 0.6 is 11.3 Å². The molecule has 138 valence electrons. The minimum absolute atomic E-state index is 0.0283. The molecule has 0 atom stereocenters. The number of thiazole rings is 1. The predicted octanol–water partition coefficient (Wildman–Crippen LogP) is 2.79. The van der Waals surface area contributed by atoms with E-state index in [1.54, 1.807) is 17.3 Å². The third kappa shape index (κ3) is 3.81. The first-order valence-corrected chi connectivity index (χ1v) is 9.42. The van der Waals surface area contributed by atoms with Gasteiger partial charge in [0.25, 0.3) is 5.91 Å². The van der Waals surface area contributed by atoms with Gasteiger partial charge in [-0.1, -0.05) is 17.4 Å². The summed E-state index contributed by atoms with van der Waals surface area (Å²) >= 11 is 1.42. The van der Waals surface area contributed by atoms with E-state index < -0.39 is 0 Å². The number of rotatable bonds is 3. The molecule has 0 unspecified atom stereocenters. The Labute approximate surface area is 160 Å². The van der Waals surface area contributed by atoms with Crippen LogP contribution in [0.2, 0.25) is 0 Å². The second kappa shape index (κ2) is 7.42. The van der Waals surface area contributed by atoms with E-state index in [-0.39, 0.29) is 11.8 Å². The fraction of sp³-hybridized carbons (Fsp3) is 0.263. The maximum Gasteiger partial charge on any atom is 0.255 e. The van der Waals surface area contributed by atoms with Crippen LogP contribution in [0.3, 0.4) is 0 Å². The quantitative estimate of drug-likeness (QED) is 0.753. The van der Waals surface area contributed by atoms with Gasteiger partial charge in [0.1, 0.15) is 0 Å². The number of nitrogens with zero attached hydrogens (tertiary/aromatic N) is 3. The number of fused-ring (bicyclic) bond motifs is 1. The molecule has 1 N–H and O–H groups in total. The molecule has 1 aliphatic rings. The third-order valence-electron chi connectivity index (χ3n) is 4.29. The van der Waals surface area contributed by atoms with Crippen LogP contribution in [0.15, 0.2) is 36.7 Å². The zero-order valence-corrected chi connectivity index (χ0v) is 15.6. The molecular weight excluding hydrogens is 364 g/mol. The summed E-state index contributed by atoms with van der Waals surface area (Å²) in [5, 5.41) is 3.28. The van der Waals surface area contributed by atoms with Gasteiger partial charge in [-0.3, -0.25) is 14.6 Å². The number of nitrogens with one attached hydrogen (secondary N) is 1. The first kappa shape index (κ1) is 17.6. The summed E-state index contributed by atoms with van der Waals surface area (Å²) in [5.41, 5.74) is 3.20. The highest BCUT2D eigenvalue weighted by Crippen LogP contribution is 2.30. The van der Waals surface area contributed by atoms with Crippen molar-refractivity contribution in [1.29, 1.82) is 0 Å². The smallest absolute Gasteiger partial charge is 0.255 e. The van der Waals surface area contributed by atoms with Crippen LogP contribution in [-0.2, 0) is 9.53 Å². The Morgan fingerprint density at radius 1 is 1.15 bits per heavy atom. The van der Waals surface area contributed by atoms with Crippen molar-refractivity contribution in [1.82, 2.24) is 14.9 Å². The fourth-order valence-corrected chi connectivity index (χ4v) is 3.92. The molecule has 0 radical (unpaired) electrons. The molecule has 0 spiro atoms. The molecule has 27 heavy (non-hydrogen) atoms. The van der Waals surface area contributed by atoms with Crippen LogP contribution in [0, 0.1) is 0 Å². The van der Waals surface area contributed by atoms with E-state index in [4.69, 9.17) is 4.74 Å². The molecule has 2 aromatic heterocycles. The van der Waals surface area contributed by atoms with E-state index in [0.29, 0.717) is 37.0 Å². The standard InChI is InChI=1S/C19H18N4O3S/c1-12(24)21-19-22-16-3-2-13(9-17(16)27-19)14-8-15(11-20-10-14)18(25)23-4-6-26-7-5-23/h2-3,8-11H,4-7H2,1H3,(H,21,22,24). The lowest BCUT2D eigenvalue weighted by Gasteiger charge is -2.26. The number of amides is 2. The highest BCUT2D eigenvalue weighted by Gasteiger charge is 2.19. The van der Waals surface area contributed by atoms with Gasteiger partial charge in [0.05, 0.1) is 29.0 Å². The zero-order valence-electron chi connectivity index (χ0n) is 14.8. The third-order valence-corrected chi connectivity index (χ3v) is 5.22. The van der Waals surface area contributed by atoms with Crippen molar-refractivity contribution in [3.05, 3.63) is 42.2 Å². The van der Waals surface area contributed by atoms with Gasteiger partial charge in [-0.05, 0) is 23.8 Å². The number of pyridine rings is 1. The van der Waals surface area contributed by atoms with E-state index in [9.17, 15) is 9.59 Å². The molecule has 1 fully saturated rings. The first-order chi connectivity index (χ1) is 13.1. The fourth-order valence-electron chi connectivity index (χ4n) is 2.97. The highest BCUT2D eigenvalue weighted by atomic mass is 32.1. The summed E-state index contributed by atoms with van der Waals surface area (Å²) in [6.45, 7) is 3.79. The minimum Gasteiger partial charge on any atom is -0.378 e. The molecule has 0 saturated carbocycles. The zero-order chi connectivity index (χ0) is 18.8. The van der Waals surface area contributed by atoms with Gasteiger partial charge >= 0.3 is 0 Å². The Balaban J connectivity index is 1.62. The average Bonchev–Trinajstić information content (AvgIpc) is 3.08. The van der Waals surface area contributed by atoms with Crippen molar-refractivity contribution in [3.63, 3.8) is 0 Å². The maximum absolute atomic E-state index is 12.7. The number of hydrogen-bond donors (Lipinski definition) is 1. The van der Waals surface area contributed by atoms with Gasteiger partial charge in [0, 0.05) is 38.0 Å². The molecule has 4 rings (SSSR count). The number of carbonyl (C=O) groups is 2. The number of morpholine rings is 1. The number of benzene rings is 1. The molecule has 1 aliphatic heterocycles. The van der Waals surface area contributed by atoms with Crippen LogP contribution < -0.4 is 5.32 Å². The Hall–Kier alpha value is -2.84. The number of aromatic nitrogens is 2. The summed E-state index contributed by atoms with van der Waals surface area (Å²) in [5.74, 6) is -0.174. The van der Waals surface area contributed by atoms with Crippen molar-refractivity contribution in [2.45, 2.75) is 6.92 Å². The Bertz CT molecular complexity index is 1010. The SMILES string of the molecule is CC(=O)Nc1nc2ccc(-c3cncc(C(=O)N4CCOCC4)c3)cc2s1. The van der Waals surface area contributed by atoms with Crippen LogP contribution in [0.5, 0.6) is 0 Å². The summed E-state index contributed by atoms with van der Waals surface area (Å²) in [6, 6.07) is 7.71. The summed E-state index contributed by atoms with van der Waals surface area (Å²) in [4.78, 5) is 34.3. The molecule has 1 aromatic carbocycles. The second-order valence-electron chi connectivity index (χ2n) is 6.25. The van der Waals surface area contributed by atoms with Crippen molar-refractivity contribution in [2.24, 2.45) is 0 Å². The number of anilines is 1. The molecule has 3 aromatic rings. The Morgan fingerprint density at radius 3 is 2.74 bits per heavy atom. The Kier molecular flexibility index (Phi) is 4.83. The molecule has 3 heterocycles. The van der Waals surface area contributed by atoms with E-state index in [1.165, 1.54) is 18.3 Å². The van der Waals surface area contributed by atoms with Crippen LogP contribution in [-0.4, -0.2) is 53.0 Å². The maximum atomic E-state index is 12.7. The molecule has 1 saturated heterocycles. The van der Waals surface area contributed by atoms with Crippen LogP contribution in [0.25, 0.3) is 21.3 Å². The molecule has 0 bridgehead atoms. The van der Waals surface area contributed by atoms with Crippen molar-refractivity contribution < 1.29 is 14.3 Å².